The Morgan fingerprint density at radius 1 is 0.459 bits per heavy atom. The monoisotopic (exact) mass is 1070 g/mol. The van der Waals surface area contributed by atoms with Crippen LogP contribution in [-0.2, 0) is 18.4 Å². The molecule has 0 saturated heterocycles. The standard InChI is InChI=1S/C65H129N2O6P/c1-6-8-10-12-14-16-18-20-21-22-23-24-25-26-27-28-29-30-31-32-33-34-35-36-37-38-39-40-41-42-43-44-45-47-49-51-53-55-57-59-65(69)66-63(62-73-74(70,71)72-61-60-67(3,4)5)64(68)58-56-54-52-50-48-46-19-17-15-13-11-9-7-2/h29-30,32-33,63-64,68H,6-28,31,34-62H2,1-5H3,(H-,66,69,70,71)/p+1/b30-29-,33-32-. The van der Waals surface area contributed by atoms with E-state index in [0.717, 1.165) is 44.9 Å². The quantitative estimate of drug-likeness (QED) is 0.0243. The maximum atomic E-state index is 13.0. The van der Waals surface area contributed by atoms with Gasteiger partial charge >= 0.3 is 7.82 Å². The van der Waals surface area contributed by atoms with Gasteiger partial charge in [-0.15, -0.1) is 0 Å². The Hall–Kier alpha value is -1.02. The molecule has 0 radical (unpaired) electrons. The number of allylic oxidation sites excluding steroid dienone is 4. The molecule has 9 heteroatoms. The molecular formula is C65H130N2O6P+. The number of unbranched alkanes of at least 4 members (excludes halogenated alkanes) is 44. The van der Waals surface area contributed by atoms with Crippen molar-refractivity contribution >= 4 is 13.7 Å². The number of carbonyl (C=O) groups is 1. The van der Waals surface area contributed by atoms with Gasteiger partial charge in [-0.25, -0.2) is 4.57 Å². The number of phosphoric ester groups is 1. The van der Waals surface area contributed by atoms with E-state index in [4.69, 9.17) is 9.05 Å². The molecule has 0 spiro atoms. The first-order chi connectivity index (χ1) is 36.0. The summed E-state index contributed by atoms with van der Waals surface area (Å²) in [4.78, 5) is 23.3. The number of likely N-dealkylation sites (N-methyl/N-ethyl adjacent to an activating group) is 1. The molecule has 0 saturated carbocycles. The van der Waals surface area contributed by atoms with Gasteiger partial charge < -0.3 is 19.8 Å². The predicted octanol–water partition coefficient (Wildman–Crippen LogP) is 20.3. The first kappa shape index (κ1) is 73.0. The van der Waals surface area contributed by atoms with Crippen LogP contribution in [0.4, 0.5) is 0 Å². The molecule has 3 atom stereocenters. The van der Waals surface area contributed by atoms with Crippen molar-refractivity contribution in [2.45, 2.75) is 347 Å². The fraction of sp³-hybridized carbons (Fsp3) is 0.923. The average molecular weight is 1070 g/mol. The molecule has 0 bridgehead atoms. The topological polar surface area (TPSA) is 105 Å². The highest BCUT2D eigenvalue weighted by Gasteiger charge is 2.28. The molecule has 0 aromatic carbocycles. The van der Waals surface area contributed by atoms with Gasteiger partial charge in [-0.1, -0.05) is 308 Å². The van der Waals surface area contributed by atoms with E-state index in [1.165, 1.54) is 263 Å². The van der Waals surface area contributed by atoms with Crippen molar-refractivity contribution in [1.29, 1.82) is 0 Å². The van der Waals surface area contributed by atoms with E-state index in [1.54, 1.807) is 0 Å². The lowest BCUT2D eigenvalue weighted by Gasteiger charge is -2.26. The number of nitrogens with zero attached hydrogens (tertiary/aromatic N) is 1. The summed E-state index contributed by atoms with van der Waals surface area (Å²) < 4.78 is 23.8. The molecule has 0 fully saturated rings. The van der Waals surface area contributed by atoms with E-state index in [2.05, 4.69) is 43.5 Å². The lowest BCUT2D eigenvalue weighted by atomic mass is 10.0. The first-order valence-electron chi connectivity index (χ1n) is 32.7. The number of quaternary nitrogens is 1. The van der Waals surface area contributed by atoms with Crippen molar-refractivity contribution in [3.05, 3.63) is 24.3 Å². The number of phosphoric acid groups is 1. The second-order valence-corrected chi connectivity index (χ2v) is 25.3. The number of aliphatic hydroxyl groups is 1. The Labute approximate surface area is 462 Å². The van der Waals surface area contributed by atoms with E-state index in [9.17, 15) is 19.4 Å². The smallest absolute Gasteiger partial charge is 0.391 e. The maximum absolute atomic E-state index is 13.0. The zero-order chi connectivity index (χ0) is 54.2. The summed E-state index contributed by atoms with van der Waals surface area (Å²) in [5, 5.41) is 14.0. The third kappa shape index (κ3) is 58.7. The van der Waals surface area contributed by atoms with Gasteiger partial charge in [0, 0.05) is 6.42 Å². The molecule has 0 rings (SSSR count). The van der Waals surface area contributed by atoms with Gasteiger partial charge in [-0.05, 0) is 44.9 Å². The molecule has 0 aliphatic rings. The summed E-state index contributed by atoms with van der Waals surface area (Å²) in [5.41, 5.74) is 0. The minimum atomic E-state index is -4.32. The van der Waals surface area contributed by atoms with Gasteiger partial charge in [0.05, 0.1) is 39.9 Å². The van der Waals surface area contributed by atoms with Crippen LogP contribution < -0.4 is 5.32 Å². The normalized spacial score (nSPS) is 13.9. The van der Waals surface area contributed by atoms with Crippen LogP contribution in [0.15, 0.2) is 24.3 Å². The van der Waals surface area contributed by atoms with E-state index in [0.29, 0.717) is 23.9 Å². The van der Waals surface area contributed by atoms with E-state index >= 15 is 0 Å². The number of nitrogens with one attached hydrogen (secondary N) is 1. The zero-order valence-corrected chi connectivity index (χ0v) is 51.3. The molecular weight excluding hydrogens is 936 g/mol. The van der Waals surface area contributed by atoms with Gasteiger partial charge in [0.2, 0.25) is 5.91 Å². The van der Waals surface area contributed by atoms with Crippen LogP contribution in [0.1, 0.15) is 335 Å². The number of hydrogen-bond donors (Lipinski definition) is 3. The van der Waals surface area contributed by atoms with Crippen molar-refractivity contribution in [2.24, 2.45) is 0 Å². The molecule has 440 valence electrons. The number of carbonyl (C=O) groups excluding carboxylic acids is 1. The number of hydrogen-bond acceptors (Lipinski definition) is 5. The van der Waals surface area contributed by atoms with Gasteiger partial charge in [0.15, 0.2) is 0 Å². The van der Waals surface area contributed by atoms with Crippen molar-refractivity contribution in [3.8, 4) is 0 Å². The van der Waals surface area contributed by atoms with Crippen LogP contribution in [0.2, 0.25) is 0 Å². The number of aliphatic hydroxyl groups excluding tert-OH is 1. The third-order valence-electron chi connectivity index (χ3n) is 15.2. The first-order valence-corrected chi connectivity index (χ1v) is 34.2. The summed E-state index contributed by atoms with van der Waals surface area (Å²) in [6.45, 7) is 4.93. The van der Waals surface area contributed by atoms with Crippen LogP contribution in [0.5, 0.6) is 0 Å². The predicted molar refractivity (Wildman–Crippen MR) is 323 cm³/mol. The summed E-state index contributed by atoms with van der Waals surface area (Å²) in [6.07, 6.45) is 72.8. The highest BCUT2D eigenvalue weighted by molar-refractivity contribution is 7.47. The van der Waals surface area contributed by atoms with Gasteiger partial charge in [-0.2, -0.15) is 0 Å². The fourth-order valence-corrected chi connectivity index (χ4v) is 10.8. The van der Waals surface area contributed by atoms with Crippen LogP contribution >= 0.6 is 7.82 Å². The van der Waals surface area contributed by atoms with Crippen molar-refractivity contribution in [2.75, 3.05) is 40.9 Å². The molecule has 0 aromatic heterocycles. The van der Waals surface area contributed by atoms with Crippen molar-refractivity contribution in [3.63, 3.8) is 0 Å². The number of amides is 1. The summed E-state index contributed by atoms with van der Waals surface area (Å²) in [7, 11) is 1.63. The van der Waals surface area contributed by atoms with Gasteiger partial charge in [-0.3, -0.25) is 13.8 Å². The highest BCUT2D eigenvalue weighted by atomic mass is 31.2. The molecule has 1 amide bonds. The maximum Gasteiger partial charge on any atom is 0.472 e. The van der Waals surface area contributed by atoms with Gasteiger partial charge in [0.1, 0.15) is 13.2 Å². The van der Waals surface area contributed by atoms with Crippen LogP contribution in [0, 0.1) is 0 Å². The second kappa shape index (κ2) is 56.7. The van der Waals surface area contributed by atoms with Crippen LogP contribution in [0.25, 0.3) is 0 Å². The molecule has 3 N–H and O–H groups in total. The molecule has 8 nitrogen and oxygen atoms in total. The van der Waals surface area contributed by atoms with Gasteiger partial charge in [0.25, 0.3) is 0 Å². The van der Waals surface area contributed by atoms with Crippen LogP contribution in [-0.4, -0.2) is 73.4 Å². The minimum absolute atomic E-state index is 0.0767. The minimum Gasteiger partial charge on any atom is -0.391 e. The van der Waals surface area contributed by atoms with E-state index in [-0.39, 0.29) is 19.1 Å². The molecule has 3 unspecified atom stereocenters. The number of rotatable bonds is 61. The SMILES string of the molecule is CCCCCCCCCCCCCCCCC/C=C\C/C=C\CCCCCCCCCCCCCCCCCCCC(=O)NC(COP(=O)(O)OCC[N+](C)(C)C)C(O)CCCCCCCCCCCCCCC. The Morgan fingerprint density at radius 3 is 1.11 bits per heavy atom. The largest absolute Gasteiger partial charge is 0.472 e. The average Bonchev–Trinajstić information content (AvgIpc) is 3.36. The lowest BCUT2D eigenvalue weighted by Crippen LogP contribution is -2.46. The summed E-state index contributed by atoms with van der Waals surface area (Å²) in [6, 6.07) is -0.758. The Balaban J connectivity index is 3.86. The molecule has 0 aliphatic carbocycles. The molecule has 0 heterocycles. The third-order valence-corrected chi connectivity index (χ3v) is 16.2. The second-order valence-electron chi connectivity index (χ2n) is 23.9. The zero-order valence-electron chi connectivity index (χ0n) is 50.4. The molecule has 0 aliphatic heterocycles. The van der Waals surface area contributed by atoms with E-state index < -0.39 is 20.0 Å². The van der Waals surface area contributed by atoms with Crippen molar-refractivity contribution < 1.29 is 32.9 Å². The van der Waals surface area contributed by atoms with Crippen LogP contribution in [0.3, 0.4) is 0 Å². The van der Waals surface area contributed by atoms with E-state index in [1.807, 2.05) is 21.1 Å². The lowest BCUT2D eigenvalue weighted by molar-refractivity contribution is -0.870. The van der Waals surface area contributed by atoms with Crippen molar-refractivity contribution in [1.82, 2.24) is 5.32 Å². The molecule has 0 aromatic rings. The Bertz CT molecular complexity index is 1260. The summed E-state index contributed by atoms with van der Waals surface area (Å²) in [5.74, 6) is -0.140. The Morgan fingerprint density at radius 2 is 0.770 bits per heavy atom. The Kier molecular flexibility index (Phi) is 55.9. The summed E-state index contributed by atoms with van der Waals surface area (Å²) >= 11 is 0. The highest BCUT2D eigenvalue weighted by Crippen LogP contribution is 2.43. The molecule has 74 heavy (non-hydrogen) atoms. The fourth-order valence-electron chi connectivity index (χ4n) is 10.1.